The van der Waals surface area contributed by atoms with Gasteiger partial charge in [0.1, 0.15) is 47.7 Å². The molecule has 4 fully saturated rings. The van der Waals surface area contributed by atoms with Crippen LogP contribution in [0.15, 0.2) is 185 Å². The third-order valence-electron chi connectivity index (χ3n) is 20.0. The Bertz CT molecular complexity index is 5000. The normalized spacial score (nSPS) is 17.3. The van der Waals surface area contributed by atoms with Crippen LogP contribution in [-0.4, -0.2) is 182 Å². The minimum absolute atomic E-state index is 0. The largest absolute Gasteiger partial charge is 0.490 e. The highest BCUT2D eigenvalue weighted by Crippen LogP contribution is 2.46. The van der Waals surface area contributed by atoms with Gasteiger partial charge in [-0.15, -0.1) is 6.58 Å². The molecule has 3 saturated heterocycles. The number of Topliss-reactive ketones (excluding diaryl/α,β-unsaturated/α-hetero) is 1. The van der Waals surface area contributed by atoms with Crippen LogP contribution < -0.4 is 20.5 Å². The van der Waals surface area contributed by atoms with E-state index in [4.69, 9.17) is 42.9 Å². The third-order valence-corrected chi connectivity index (χ3v) is 20.6. The Morgan fingerprint density at radius 1 is 0.725 bits per heavy atom. The van der Waals surface area contributed by atoms with Gasteiger partial charge in [-0.1, -0.05) is 136 Å². The number of pyridine rings is 1. The number of amidine groups is 1. The summed E-state index contributed by atoms with van der Waals surface area (Å²) in [4.78, 5) is 113. The van der Waals surface area contributed by atoms with E-state index in [1.807, 2.05) is 129 Å². The van der Waals surface area contributed by atoms with Gasteiger partial charge in [-0.05, 0) is 141 Å². The zero-order chi connectivity index (χ0) is 76.1. The smallest absolute Gasteiger partial charge is 0.326 e. The van der Waals surface area contributed by atoms with Crippen molar-refractivity contribution in [3.63, 3.8) is 0 Å². The number of aliphatic imine (C=N–C) groups is 2. The second kappa shape index (κ2) is 33.8. The molecule has 3 aromatic heterocycles. The summed E-state index contributed by atoms with van der Waals surface area (Å²) in [6.45, 7) is 23.4. The highest BCUT2D eigenvalue weighted by molar-refractivity contribution is 6.31. The zero-order valence-electron chi connectivity index (χ0n) is 61.9. The number of urea groups is 1. The van der Waals surface area contributed by atoms with Gasteiger partial charge < -0.3 is 34.6 Å². The lowest BCUT2D eigenvalue weighted by molar-refractivity contribution is -0.134. The maximum Gasteiger partial charge on any atom is 0.326 e. The quantitative estimate of drug-likeness (QED) is 0.0949. The van der Waals surface area contributed by atoms with Crippen LogP contribution in [0.5, 0.6) is 5.75 Å². The van der Waals surface area contributed by atoms with Crippen molar-refractivity contribution in [2.24, 2.45) is 15.9 Å². The Hall–Kier alpha value is -10.7. The topological polar surface area (TPSA) is 216 Å². The number of carbonyl (C=O) groups excluding carboxylic acids is 5. The summed E-state index contributed by atoms with van der Waals surface area (Å²) in [6, 6.07) is 46.0. The lowest BCUT2D eigenvalue weighted by atomic mass is 9.92. The number of aromatic nitrogens is 5. The van der Waals surface area contributed by atoms with Crippen LogP contribution in [0.2, 0.25) is 10.0 Å². The fourth-order valence-corrected chi connectivity index (χ4v) is 14.3. The standard InChI is InChI=1S/C30H30Cl2N4O3.C29H35N7O.C25H24FN3O3.CH4/c1-18(2)39-25-16-19(3)4-13-24(25)29-34-27(20-5-9-22(31)10-6-20)28(21-7-11-23(32)12-8-21)36(29)30(38)35-15-14-33-26(37)17-35;1-6-14-35-28(37)23-20-30-25(19-21-10-12-22(13-11-21)34-17-15-33(5)16-18-34)32-27(23)36(35)26-9-7-8-24(31-26)29(2,3)4;26-21-8-5-16(14-22-18-3-1-2-4-19(18)23(30)15-27-22)13-20(21)25(32)29-11-9-28(10-12-29)24(31)17-6-7-17;/h4-13,16,18,27-28H,14-15,17H2,1-3H3,(H,33,37);6-13,20H,1,14-19H2,2-5H3;1-5,8,13,17H,6-7,9-12,14-15H2;1H4. The number of hydrogen-bond donors (Lipinski definition) is 1. The van der Waals surface area contributed by atoms with Crippen LogP contribution in [0.4, 0.5) is 14.9 Å². The minimum Gasteiger partial charge on any atom is -0.490 e. The van der Waals surface area contributed by atoms with Crippen LogP contribution in [0.1, 0.15) is 138 Å². The van der Waals surface area contributed by atoms with Gasteiger partial charge in [0.25, 0.3) is 11.5 Å². The van der Waals surface area contributed by atoms with Crippen molar-refractivity contribution >= 4 is 81.0 Å². The number of piperazine rings is 3. The van der Waals surface area contributed by atoms with Crippen molar-refractivity contribution in [3.05, 3.63) is 258 Å². The predicted molar refractivity (Wildman–Crippen MR) is 427 cm³/mol. The maximum atomic E-state index is 14.6. The second-order valence-corrected chi connectivity index (χ2v) is 30.3. The van der Waals surface area contributed by atoms with Crippen LogP contribution in [0.25, 0.3) is 16.9 Å². The number of aryl methyl sites for hydroxylation is 1. The minimum atomic E-state index is -0.559. The molecular weight excluding hydrogens is 1420 g/mol. The summed E-state index contributed by atoms with van der Waals surface area (Å²) < 4.78 is 24.2. The van der Waals surface area contributed by atoms with Crippen molar-refractivity contribution in [2.75, 3.05) is 90.5 Å². The van der Waals surface area contributed by atoms with Gasteiger partial charge >= 0.3 is 6.03 Å². The molecule has 0 radical (unpaired) electrons. The first-order valence-electron chi connectivity index (χ1n) is 36.8. The first-order chi connectivity index (χ1) is 52.0. The number of rotatable bonds is 15. The number of anilines is 1. The molecule has 8 heterocycles. The van der Waals surface area contributed by atoms with E-state index in [9.17, 15) is 33.2 Å². The number of allylic oxidation sites excluding steroid dienone is 1. The average molecular weight is 1510 g/mol. The number of ether oxygens (including phenoxy) is 1. The van der Waals surface area contributed by atoms with E-state index >= 15 is 0 Å². The molecule has 15 rings (SSSR count). The van der Waals surface area contributed by atoms with Gasteiger partial charge in [0.15, 0.2) is 17.2 Å². The number of ketones is 1. The number of halogens is 3. The summed E-state index contributed by atoms with van der Waals surface area (Å²) in [5.41, 5.74) is 10.1. The van der Waals surface area contributed by atoms with E-state index in [0.717, 1.165) is 83.8 Å². The number of likely N-dealkylation sites (N-methyl/N-ethyl adjacent to an activating group) is 1. The number of fused-ring (bicyclic) bond motifs is 2. The molecule has 6 aliphatic rings. The molecule has 0 spiro atoms. The molecule has 566 valence electrons. The lowest BCUT2D eigenvalue weighted by Crippen LogP contribution is -2.55. The molecule has 1 saturated carbocycles. The van der Waals surface area contributed by atoms with E-state index in [-0.39, 0.29) is 78.6 Å². The van der Waals surface area contributed by atoms with Crippen molar-refractivity contribution in [3.8, 4) is 11.6 Å². The molecule has 2 unspecified atom stereocenters. The Labute approximate surface area is 645 Å². The molecule has 21 nitrogen and oxygen atoms in total. The summed E-state index contributed by atoms with van der Waals surface area (Å²) in [7, 11) is 2.17. The Kier molecular flexibility index (Phi) is 24.2. The van der Waals surface area contributed by atoms with Crippen molar-refractivity contribution in [1.82, 2.24) is 54.1 Å². The Morgan fingerprint density at radius 2 is 1.39 bits per heavy atom. The first kappa shape index (κ1) is 77.9. The number of benzene rings is 6. The van der Waals surface area contributed by atoms with E-state index in [2.05, 4.69) is 83.8 Å². The zero-order valence-corrected chi connectivity index (χ0v) is 63.4. The highest BCUT2D eigenvalue weighted by atomic mass is 35.5. The molecule has 1 aliphatic carbocycles. The van der Waals surface area contributed by atoms with Gasteiger partial charge in [-0.2, -0.15) is 0 Å². The van der Waals surface area contributed by atoms with Crippen LogP contribution in [0, 0.1) is 18.7 Å². The van der Waals surface area contributed by atoms with Crippen molar-refractivity contribution in [1.29, 1.82) is 0 Å². The monoisotopic (exact) mass is 1510 g/mol. The molecule has 109 heavy (non-hydrogen) atoms. The number of nitrogens with zero attached hydrogens (tertiary/aromatic N) is 13. The fourth-order valence-electron chi connectivity index (χ4n) is 14.1. The summed E-state index contributed by atoms with van der Waals surface area (Å²) >= 11 is 12.5. The lowest BCUT2D eigenvalue weighted by Gasteiger charge is -2.36. The number of carbonyl (C=O) groups is 5. The van der Waals surface area contributed by atoms with Crippen molar-refractivity contribution in [2.45, 2.75) is 105 Å². The number of amides is 5. The maximum absolute atomic E-state index is 14.6. The molecule has 9 aromatic rings. The molecule has 5 aliphatic heterocycles. The third kappa shape index (κ3) is 17.9. The van der Waals surface area contributed by atoms with Crippen molar-refractivity contribution < 1.29 is 33.1 Å². The van der Waals surface area contributed by atoms with Gasteiger partial charge in [0.2, 0.25) is 11.8 Å². The van der Waals surface area contributed by atoms with E-state index in [0.29, 0.717) is 114 Å². The van der Waals surface area contributed by atoms with E-state index in [1.165, 1.54) is 11.8 Å². The first-order valence-corrected chi connectivity index (χ1v) is 37.5. The Balaban J connectivity index is 0.000000152. The summed E-state index contributed by atoms with van der Waals surface area (Å²) in [5, 5.41) is 4.48. The fraction of sp³-hybridized carbons (Fsp3) is 0.353. The molecular formula is C85H93Cl2FN14O7. The highest BCUT2D eigenvalue weighted by Gasteiger charge is 2.46. The Morgan fingerprint density at radius 3 is 2.06 bits per heavy atom. The van der Waals surface area contributed by atoms with Crippen LogP contribution in [0.3, 0.4) is 0 Å². The van der Waals surface area contributed by atoms with Gasteiger partial charge in [0, 0.05) is 134 Å². The predicted octanol–water partition coefficient (Wildman–Crippen LogP) is 13.4. The number of nitrogens with one attached hydrogen (secondary N) is 1. The molecule has 5 amide bonds. The SMILES string of the molecule is C.C=CCn1c(=O)c2cnc(Cc3ccc(N4CCN(C)CC4)cc3)nc2n1-c1cccc(C(C)(C)C)n1.Cc1ccc(C2=NC(c3ccc(Cl)cc3)C(c3ccc(Cl)cc3)N2C(=O)N2CCNC(=O)C2)c(OC(C)C)c1.O=C1CN=C(Cc2ccc(F)c(C(=O)N3CCN(C(=O)C4CC4)CC3)c2)c2ccccc21. The summed E-state index contributed by atoms with van der Waals surface area (Å²) in [6.07, 6.45) is 6.17. The van der Waals surface area contributed by atoms with Crippen LogP contribution >= 0.6 is 23.2 Å². The van der Waals surface area contributed by atoms with Gasteiger partial charge in [-0.3, -0.25) is 38.9 Å². The molecule has 1 N–H and O–H groups in total. The second-order valence-electron chi connectivity index (χ2n) is 29.4. The van der Waals surface area contributed by atoms with E-state index in [1.54, 1.807) is 54.5 Å². The van der Waals surface area contributed by atoms with E-state index < -0.39 is 17.9 Å². The summed E-state index contributed by atoms with van der Waals surface area (Å²) in [5.74, 6) is 1.67. The average Bonchev–Trinajstić information content (AvgIpc) is 1.61. The van der Waals surface area contributed by atoms with Crippen LogP contribution in [-0.2, 0) is 34.4 Å². The molecule has 24 heteroatoms. The number of hydrogen-bond acceptors (Lipinski definition) is 14. The molecule has 6 aromatic carbocycles. The molecule has 0 bridgehead atoms. The molecule has 2 atom stereocenters. The van der Waals surface area contributed by atoms with Gasteiger partial charge in [0.05, 0.1) is 29.8 Å². The van der Waals surface area contributed by atoms with Gasteiger partial charge in [-0.25, -0.2) is 33.5 Å².